The van der Waals surface area contributed by atoms with Crippen LogP contribution in [0.15, 0.2) is 39.4 Å². The number of benzene rings is 1. The molecule has 142 valence electrons. The van der Waals surface area contributed by atoms with Gasteiger partial charge in [0, 0.05) is 18.4 Å². The molecule has 1 aliphatic carbocycles. The largest absolute Gasteiger partial charge is 0.490 e. The van der Waals surface area contributed by atoms with Crippen molar-refractivity contribution in [2.75, 3.05) is 13.2 Å². The summed E-state index contributed by atoms with van der Waals surface area (Å²) in [5, 5.41) is 9.68. The third-order valence-electron chi connectivity index (χ3n) is 4.56. The molecular formula is C20H21BrN2O4. The van der Waals surface area contributed by atoms with Gasteiger partial charge >= 0.3 is 0 Å². The van der Waals surface area contributed by atoms with Crippen molar-refractivity contribution in [3.8, 4) is 17.6 Å². The lowest BCUT2D eigenvalue weighted by Gasteiger charge is -2.31. The lowest BCUT2D eigenvalue weighted by atomic mass is 9.77. The molecule has 0 fully saturated rings. The highest BCUT2D eigenvalue weighted by atomic mass is 79.9. The molecule has 0 amide bonds. The number of hydrogen-bond acceptors (Lipinski definition) is 6. The van der Waals surface area contributed by atoms with E-state index >= 15 is 0 Å². The highest BCUT2D eigenvalue weighted by molar-refractivity contribution is 9.10. The Kier molecular flexibility index (Phi) is 5.76. The van der Waals surface area contributed by atoms with E-state index in [1.165, 1.54) is 0 Å². The van der Waals surface area contributed by atoms with Gasteiger partial charge in [0.2, 0.25) is 5.88 Å². The molecule has 2 N–H and O–H groups in total. The van der Waals surface area contributed by atoms with Crippen LogP contribution < -0.4 is 15.2 Å². The fourth-order valence-electron chi connectivity index (χ4n) is 3.49. The summed E-state index contributed by atoms with van der Waals surface area (Å²) in [6.45, 7) is 4.72. The number of halogens is 1. The summed E-state index contributed by atoms with van der Waals surface area (Å²) in [6.07, 6.45) is 1.79. The van der Waals surface area contributed by atoms with Crippen molar-refractivity contribution >= 4 is 21.7 Å². The van der Waals surface area contributed by atoms with Gasteiger partial charge in [-0.1, -0.05) is 0 Å². The van der Waals surface area contributed by atoms with Crippen LogP contribution in [0.3, 0.4) is 0 Å². The Hall–Kier alpha value is -2.46. The van der Waals surface area contributed by atoms with Crippen molar-refractivity contribution in [3.05, 3.63) is 45.0 Å². The van der Waals surface area contributed by atoms with Crippen LogP contribution in [-0.4, -0.2) is 19.0 Å². The molecule has 1 heterocycles. The van der Waals surface area contributed by atoms with Crippen molar-refractivity contribution in [3.63, 3.8) is 0 Å². The molecule has 0 saturated carbocycles. The zero-order valence-electron chi connectivity index (χ0n) is 15.3. The summed E-state index contributed by atoms with van der Waals surface area (Å²) < 4.78 is 17.7. The number of allylic oxidation sites excluding steroid dienone is 3. The SMILES string of the molecule is CCOc1cc([C@H]2C(C#N)=C(N)OC3=C2C(=O)CCC3)cc(Br)c1OCC. The smallest absolute Gasteiger partial charge is 0.205 e. The van der Waals surface area contributed by atoms with Gasteiger partial charge < -0.3 is 19.9 Å². The van der Waals surface area contributed by atoms with Gasteiger partial charge in [-0.2, -0.15) is 5.26 Å². The molecule has 1 aromatic rings. The number of nitrogens with two attached hydrogens (primary N) is 1. The summed E-state index contributed by atoms with van der Waals surface area (Å²) in [4.78, 5) is 12.7. The number of carbonyl (C=O) groups is 1. The maximum Gasteiger partial charge on any atom is 0.205 e. The lowest BCUT2D eigenvalue weighted by molar-refractivity contribution is -0.116. The number of carbonyl (C=O) groups excluding carboxylic acids is 1. The number of rotatable bonds is 5. The second kappa shape index (κ2) is 8.05. The van der Waals surface area contributed by atoms with Crippen molar-refractivity contribution in [2.24, 2.45) is 5.73 Å². The van der Waals surface area contributed by atoms with Crippen molar-refractivity contribution in [1.29, 1.82) is 5.26 Å². The summed E-state index contributed by atoms with van der Waals surface area (Å²) in [6, 6.07) is 5.78. The minimum Gasteiger partial charge on any atom is -0.490 e. The van der Waals surface area contributed by atoms with Crippen LogP contribution in [0.25, 0.3) is 0 Å². The molecule has 7 heteroatoms. The highest BCUT2D eigenvalue weighted by Crippen LogP contribution is 2.47. The predicted octanol–water partition coefficient (Wildman–Crippen LogP) is 4.06. The Morgan fingerprint density at radius 1 is 1.30 bits per heavy atom. The first-order valence-electron chi connectivity index (χ1n) is 8.94. The average Bonchev–Trinajstić information content (AvgIpc) is 2.63. The van der Waals surface area contributed by atoms with Crippen molar-refractivity contribution < 1.29 is 19.0 Å². The van der Waals surface area contributed by atoms with Crippen LogP contribution in [-0.2, 0) is 9.53 Å². The van der Waals surface area contributed by atoms with Crippen molar-refractivity contribution in [2.45, 2.75) is 39.0 Å². The third kappa shape index (κ3) is 3.54. The molecule has 2 aliphatic rings. The van der Waals surface area contributed by atoms with Crippen LogP contribution in [0.4, 0.5) is 0 Å². The molecular weight excluding hydrogens is 412 g/mol. The van der Waals surface area contributed by atoms with Gasteiger partial charge in [-0.3, -0.25) is 4.79 Å². The molecule has 1 aromatic carbocycles. The lowest BCUT2D eigenvalue weighted by Crippen LogP contribution is -2.27. The Bertz CT molecular complexity index is 883. The van der Waals surface area contributed by atoms with Crippen LogP contribution >= 0.6 is 15.9 Å². The minimum atomic E-state index is -0.572. The van der Waals surface area contributed by atoms with E-state index in [0.29, 0.717) is 53.4 Å². The fraction of sp³-hybridized carbons (Fsp3) is 0.400. The molecule has 0 radical (unpaired) electrons. The van der Waals surface area contributed by atoms with Gasteiger partial charge in [-0.05, 0) is 53.9 Å². The fourth-order valence-corrected chi connectivity index (χ4v) is 4.07. The first-order chi connectivity index (χ1) is 13.0. The first kappa shape index (κ1) is 19.3. The number of Topliss-reactive ketones (excluding diaryl/α,β-unsaturated/α-hetero) is 1. The van der Waals surface area contributed by atoms with Crippen LogP contribution in [0.5, 0.6) is 11.5 Å². The maximum absolute atomic E-state index is 12.7. The number of nitrogens with zero attached hydrogens (tertiary/aromatic N) is 1. The maximum atomic E-state index is 12.7. The molecule has 1 aliphatic heterocycles. The summed E-state index contributed by atoms with van der Waals surface area (Å²) in [5.74, 6) is 1.18. The quantitative estimate of drug-likeness (QED) is 0.753. The Labute approximate surface area is 166 Å². The Balaban J connectivity index is 2.19. The van der Waals surface area contributed by atoms with E-state index in [2.05, 4.69) is 22.0 Å². The normalized spacial score (nSPS) is 19.3. The van der Waals surface area contributed by atoms with E-state index in [4.69, 9.17) is 19.9 Å². The van der Waals surface area contributed by atoms with E-state index in [0.717, 1.165) is 12.0 Å². The predicted molar refractivity (Wildman–Crippen MR) is 103 cm³/mol. The minimum absolute atomic E-state index is 0.00975. The third-order valence-corrected chi connectivity index (χ3v) is 5.15. The number of nitriles is 1. The molecule has 0 aromatic heterocycles. The van der Waals surface area contributed by atoms with Crippen LogP contribution in [0.2, 0.25) is 0 Å². The Morgan fingerprint density at radius 3 is 2.70 bits per heavy atom. The van der Waals surface area contributed by atoms with Gasteiger partial charge in [-0.15, -0.1) is 0 Å². The monoisotopic (exact) mass is 432 g/mol. The van der Waals surface area contributed by atoms with E-state index in [-0.39, 0.29) is 17.2 Å². The van der Waals surface area contributed by atoms with E-state index in [9.17, 15) is 10.1 Å². The first-order valence-corrected chi connectivity index (χ1v) is 9.73. The second-order valence-corrected chi connectivity index (χ2v) is 7.09. The topological polar surface area (TPSA) is 94.6 Å². The summed E-state index contributed by atoms with van der Waals surface area (Å²) in [5.41, 5.74) is 7.50. The molecule has 0 saturated heterocycles. The molecule has 0 unspecified atom stereocenters. The van der Waals surface area contributed by atoms with E-state index in [1.54, 1.807) is 0 Å². The molecule has 0 bridgehead atoms. The Morgan fingerprint density at radius 2 is 2.04 bits per heavy atom. The zero-order chi connectivity index (χ0) is 19.6. The van der Waals surface area contributed by atoms with Gasteiger partial charge in [0.05, 0.1) is 23.6 Å². The number of ether oxygens (including phenoxy) is 3. The zero-order valence-corrected chi connectivity index (χ0v) is 16.9. The van der Waals surface area contributed by atoms with Crippen molar-refractivity contribution in [1.82, 2.24) is 0 Å². The van der Waals surface area contributed by atoms with E-state index < -0.39 is 5.92 Å². The molecule has 6 nitrogen and oxygen atoms in total. The van der Waals surface area contributed by atoms with Crippen LogP contribution in [0, 0.1) is 11.3 Å². The molecule has 1 atom stereocenters. The van der Waals surface area contributed by atoms with Gasteiger partial charge in [-0.25, -0.2) is 0 Å². The second-order valence-electron chi connectivity index (χ2n) is 6.23. The van der Waals surface area contributed by atoms with Gasteiger partial charge in [0.15, 0.2) is 17.3 Å². The summed E-state index contributed by atoms with van der Waals surface area (Å²) in [7, 11) is 0. The van der Waals surface area contributed by atoms with E-state index in [1.807, 2.05) is 26.0 Å². The highest BCUT2D eigenvalue weighted by Gasteiger charge is 2.38. The standard InChI is InChI=1S/C20H21BrN2O4/c1-3-25-16-9-11(8-13(21)19(16)26-4-2)17-12(10-22)20(23)27-15-7-5-6-14(24)18(15)17/h8-9,17H,3-7,23H2,1-2H3/t17-/m0/s1. The molecule has 27 heavy (non-hydrogen) atoms. The number of hydrogen-bond donors (Lipinski definition) is 1. The summed E-state index contributed by atoms with van der Waals surface area (Å²) >= 11 is 3.53. The average molecular weight is 433 g/mol. The van der Waals surface area contributed by atoms with Gasteiger partial charge in [0.25, 0.3) is 0 Å². The number of ketones is 1. The van der Waals surface area contributed by atoms with Gasteiger partial charge in [0.1, 0.15) is 17.4 Å². The van der Waals surface area contributed by atoms with Crippen LogP contribution in [0.1, 0.15) is 44.6 Å². The molecule has 0 spiro atoms. The molecule has 3 rings (SSSR count).